The van der Waals surface area contributed by atoms with Crippen molar-refractivity contribution in [3.8, 4) is 5.75 Å². The van der Waals surface area contributed by atoms with Crippen LogP contribution in [0.3, 0.4) is 0 Å². The van der Waals surface area contributed by atoms with Crippen LogP contribution in [0.25, 0.3) is 0 Å². The van der Waals surface area contributed by atoms with E-state index in [4.69, 9.17) is 14.9 Å². The largest absolute Gasteiger partial charge is 0.491 e. The molecule has 1 aliphatic rings. The highest BCUT2D eigenvalue weighted by Gasteiger charge is 2.30. The first kappa shape index (κ1) is 21.6. The number of carboxylic acid groups (broad SMARTS) is 2. The molecule has 0 saturated carbocycles. The number of aryl methyl sites for hydroxylation is 1. The average molecular weight is 437 g/mol. The monoisotopic (exact) mass is 437 g/mol. The summed E-state index contributed by atoms with van der Waals surface area (Å²) in [5.74, 6) is -3.12. The van der Waals surface area contributed by atoms with Crippen molar-refractivity contribution in [2.24, 2.45) is 0 Å². The Labute approximate surface area is 172 Å². The quantitative estimate of drug-likeness (QED) is 0.609. The fraction of sp³-hybridized carbons (Fsp3) is 0.300. The van der Waals surface area contributed by atoms with Crippen LogP contribution in [0.15, 0.2) is 41.3 Å². The highest BCUT2D eigenvalue weighted by atomic mass is 32.2. The number of sulfonamides is 1. The van der Waals surface area contributed by atoms with Crippen LogP contribution in [-0.4, -0.2) is 43.7 Å². The van der Waals surface area contributed by atoms with E-state index in [2.05, 4.69) is 0 Å². The number of carbonyl (C=O) groups is 2. The summed E-state index contributed by atoms with van der Waals surface area (Å²) in [4.78, 5) is 21.4. The number of ether oxygens (including phenoxy) is 1. The normalized spacial score (nSPS) is 13.6. The number of anilines is 1. The molecule has 0 aromatic heterocycles. The summed E-state index contributed by atoms with van der Waals surface area (Å²) in [5, 5.41) is 17.7. The minimum atomic E-state index is -4.07. The molecule has 10 heteroatoms. The zero-order valence-corrected chi connectivity index (χ0v) is 16.7. The van der Waals surface area contributed by atoms with Gasteiger partial charge in [-0.2, -0.15) is 0 Å². The van der Waals surface area contributed by atoms with Gasteiger partial charge < -0.3 is 14.9 Å². The second-order valence-corrected chi connectivity index (χ2v) is 8.63. The molecule has 0 unspecified atom stereocenters. The Hall–Kier alpha value is -3.14. The van der Waals surface area contributed by atoms with Gasteiger partial charge >= 0.3 is 11.9 Å². The molecule has 0 radical (unpaired) electrons. The van der Waals surface area contributed by atoms with Gasteiger partial charge in [-0.1, -0.05) is 0 Å². The molecule has 160 valence electrons. The van der Waals surface area contributed by atoms with Crippen molar-refractivity contribution >= 4 is 27.6 Å². The van der Waals surface area contributed by atoms with E-state index < -0.39 is 27.8 Å². The third-order valence-corrected chi connectivity index (χ3v) is 6.50. The van der Waals surface area contributed by atoms with Gasteiger partial charge in [-0.3, -0.25) is 9.10 Å². The number of hydrogen-bond donors (Lipinski definition) is 2. The molecular formula is C20H20FNO7S. The number of benzene rings is 2. The van der Waals surface area contributed by atoms with Crippen molar-refractivity contribution in [3.63, 3.8) is 0 Å². The summed E-state index contributed by atoms with van der Waals surface area (Å²) in [7, 11) is -4.07. The first-order chi connectivity index (χ1) is 14.2. The van der Waals surface area contributed by atoms with E-state index in [1.807, 2.05) is 0 Å². The summed E-state index contributed by atoms with van der Waals surface area (Å²) in [6, 6.07) is 7.53. The van der Waals surface area contributed by atoms with Crippen LogP contribution in [0.2, 0.25) is 0 Å². The lowest BCUT2D eigenvalue weighted by atomic mass is 10.0. The summed E-state index contributed by atoms with van der Waals surface area (Å²) in [6.45, 7) is 0.178. The molecule has 2 aromatic carbocycles. The lowest BCUT2D eigenvalue weighted by Gasteiger charge is -2.30. The lowest BCUT2D eigenvalue weighted by molar-refractivity contribution is -0.137. The zero-order valence-electron chi connectivity index (χ0n) is 15.9. The molecule has 0 spiro atoms. The molecule has 1 aliphatic heterocycles. The lowest BCUT2D eigenvalue weighted by Crippen LogP contribution is -2.35. The number of nitrogens with zero attached hydrogens (tertiary/aromatic N) is 1. The molecule has 0 saturated heterocycles. The summed E-state index contributed by atoms with van der Waals surface area (Å²) >= 11 is 0. The van der Waals surface area contributed by atoms with E-state index in [9.17, 15) is 22.4 Å². The minimum Gasteiger partial charge on any atom is -0.491 e. The third-order valence-electron chi connectivity index (χ3n) is 4.69. The Balaban J connectivity index is 1.83. The van der Waals surface area contributed by atoms with Crippen molar-refractivity contribution in [1.82, 2.24) is 0 Å². The molecule has 2 N–H and O–H groups in total. The molecule has 2 aromatic rings. The molecular weight excluding hydrogens is 417 g/mol. The Kier molecular flexibility index (Phi) is 6.25. The van der Waals surface area contributed by atoms with Crippen LogP contribution in [-0.2, 0) is 21.2 Å². The van der Waals surface area contributed by atoms with Crippen LogP contribution in [0, 0.1) is 5.82 Å². The Bertz CT molecular complexity index is 1080. The average Bonchev–Trinajstić information content (AvgIpc) is 2.70. The van der Waals surface area contributed by atoms with Crippen LogP contribution < -0.4 is 9.04 Å². The number of halogens is 1. The topological polar surface area (TPSA) is 121 Å². The van der Waals surface area contributed by atoms with Crippen LogP contribution >= 0.6 is 0 Å². The molecule has 0 fully saturated rings. The fourth-order valence-corrected chi connectivity index (χ4v) is 4.79. The van der Waals surface area contributed by atoms with Gasteiger partial charge in [-0.05, 0) is 61.2 Å². The molecule has 1 heterocycles. The number of aliphatic carboxylic acids is 1. The van der Waals surface area contributed by atoms with Crippen molar-refractivity contribution in [1.29, 1.82) is 0 Å². The fourth-order valence-electron chi connectivity index (χ4n) is 3.24. The van der Waals surface area contributed by atoms with E-state index in [-0.39, 0.29) is 42.2 Å². The van der Waals surface area contributed by atoms with Crippen molar-refractivity contribution < 1.29 is 37.3 Å². The number of fused-ring (bicyclic) bond motifs is 1. The van der Waals surface area contributed by atoms with E-state index in [0.29, 0.717) is 24.1 Å². The Morgan fingerprint density at radius 2 is 1.90 bits per heavy atom. The zero-order chi connectivity index (χ0) is 21.9. The predicted molar refractivity (Wildman–Crippen MR) is 105 cm³/mol. The van der Waals surface area contributed by atoms with Gasteiger partial charge in [0.1, 0.15) is 0 Å². The molecule has 0 amide bonds. The second-order valence-electron chi connectivity index (χ2n) is 6.77. The highest BCUT2D eigenvalue weighted by Crippen LogP contribution is 2.33. The van der Waals surface area contributed by atoms with Crippen molar-refractivity contribution in [2.75, 3.05) is 17.5 Å². The maximum atomic E-state index is 14.4. The molecule has 30 heavy (non-hydrogen) atoms. The maximum Gasteiger partial charge on any atom is 0.335 e. The Morgan fingerprint density at radius 3 is 2.57 bits per heavy atom. The highest BCUT2D eigenvalue weighted by molar-refractivity contribution is 7.92. The van der Waals surface area contributed by atoms with Gasteiger partial charge in [0.25, 0.3) is 10.0 Å². The Morgan fingerprint density at radius 1 is 1.13 bits per heavy atom. The number of aromatic carboxylic acids is 1. The maximum absolute atomic E-state index is 14.4. The van der Waals surface area contributed by atoms with E-state index >= 15 is 0 Å². The third kappa shape index (κ3) is 4.54. The van der Waals surface area contributed by atoms with Gasteiger partial charge in [0.15, 0.2) is 11.6 Å². The SMILES string of the molecule is O=C(O)CCCOc1ccc(S(=O)(=O)N2CCCc3cc(C(=O)O)ccc32)cc1F. The van der Waals surface area contributed by atoms with E-state index in [1.54, 1.807) is 0 Å². The predicted octanol–water partition coefficient (Wildman–Crippen LogP) is 2.91. The van der Waals surface area contributed by atoms with Gasteiger partial charge in [-0.15, -0.1) is 0 Å². The first-order valence-electron chi connectivity index (χ1n) is 9.23. The molecule has 0 aliphatic carbocycles. The van der Waals surface area contributed by atoms with E-state index in [1.165, 1.54) is 30.3 Å². The minimum absolute atomic E-state index is 0.0132. The van der Waals surface area contributed by atoms with Crippen molar-refractivity contribution in [2.45, 2.75) is 30.6 Å². The summed E-state index contributed by atoms with van der Waals surface area (Å²) < 4.78 is 46.9. The standard InChI is InChI=1S/C20H20FNO7S/c21-16-12-15(6-8-18(16)29-10-2-4-19(23)24)30(27,28)22-9-1-3-13-11-14(20(25)26)5-7-17(13)22/h5-8,11-12H,1-4,9-10H2,(H,23,24)(H,25,26). The molecule has 3 rings (SSSR count). The number of hydrogen-bond acceptors (Lipinski definition) is 5. The number of rotatable bonds is 8. The molecule has 8 nitrogen and oxygen atoms in total. The van der Waals surface area contributed by atoms with Gasteiger partial charge in [-0.25, -0.2) is 17.6 Å². The summed E-state index contributed by atoms with van der Waals surface area (Å²) in [5.41, 5.74) is 1.05. The van der Waals surface area contributed by atoms with Crippen LogP contribution in [0.5, 0.6) is 5.75 Å². The van der Waals surface area contributed by atoms with Gasteiger partial charge in [0.05, 0.1) is 22.8 Å². The molecule has 0 atom stereocenters. The second kappa shape index (κ2) is 8.70. The van der Waals surface area contributed by atoms with Crippen molar-refractivity contribution in [3.05, 3.63) is 53.3 Å². The van der Waals surface area contributed by atoms with Gasteiger partial charge in [0, 0.05) is 13.0 Å². The number of carboxylic acids is 2. The smallest absolute Gasteiger partial charge is 0.335 e. The first-order valence-corrected chi connectivity index (χ1v) is 10.7. The van der Waals surface area contributed by atoms with E-state index in [0.717, 1.165) is 10.4 Å². The van der Waals surface area contributed by atoms with Crippen LogP contribution in [0.1, 0.15) is 35.2 Å². The molecule has 0 bridgehead atoms. The van der Waals surface area contributed by atoms with Gasteiger partial charge in [0.2, 0.25) is 0 Å². The summed E-state index contributed by atoms with van der Waals surface area (Å²) in [6.07, 6.45) is 1.12. The van der Waals surface area contributed by atoms with Crippen LogP contribution in [0.4, 0.5) is 10.1 Å².